The van der Waals surface area contributed by atoms with Gasteiger partial charge in [-0.1, -0.05) is 17.7 Å². The fourth-order valence-corrected chi connectivity index (χ4v) is 2.84. The number of amides is 1. The first-order valence-electron chi connectivity index (χ1n) is 5.12. The van der Waals surface area contributed by atoms with Crippen LogP contribution in [0.1, 0.15) is 6.42 Å². The van der Waals surface area contributed by atoms with Gasteiger partial charge in [-0.05, 0) is 12.1 Å². The van der Waals surface area contributed by atoms with Gasteiger partial charge < -0.3 is 10.8 Å². The van der Waals surface area contributed by atoms with Gasteiger partial charge in [0.1, 0.15) is 10.9 Å². The van der Waals surface area contributed by atoms with Crippen molar-refractivity contribution in [1.82, 2.24) is 4.72 Å². The molecule has 20 heavy (non-hydrogen) atoms. The first kappa shape index (κ1) is 16.3. The van der Waals surface area contributed by atoms with Crippen molar-refractivity contribution in [3.05, 3.63) is 29.0 Å². The summed E-state index contributed by atoms with van der Waals surface area (Å²) in [4.78, 5) is 20.7. The molecule has 0 saturated carbocycles. The van der Waals surface area contributed by atoms with E-state index in [1.807, 2.05) is 0 Å². The lowest BCUT2D eigenvalue weighted by Gasteiger charge is -2.13. The van der Waals surface area contributed by atoms with Crippen LogP contribution >= 0.6 is 11.6 Å². The first-order chi connectivity index (χ1) is 9.15. The lowest BCUT2D eigenvalue weighted by Crippen LogP contribution is -2.43. The summed E-state index contributed by atoms with van der Waals surface area (Å²) >= 11 is 5.45. The number of benzene rings is 1. The molecule has 7 nitrogen and oxygen atoms in total. The molecule has 0 spiro atoms. The minimum atomic E-state index is -4.50. The molecule has 0 saturated heterocycles. The molecule has 1 aromatic rings. The van der Waals surface area contributed by atoms with Crippen LogP contribution in [-0.4, -0.2) is 31.4 Å². The predicted molar refractivity (Wildman–Crippen MR) is 67.0 cm³/mol. The van der Waals surface area contributed by atoms with Crippen LogP contribution in [0.2, 0.25) is 5.02 Å². The van der Waals surface area contributed by atoms with Gasteiger partial charge in [0.25, 0.3) is 0 Å². The second kappa shape index (κ2) is 6.16. The number of sulfonamides is 1. The molecule has 0 bridgehead atoms. The second-order valence-corrected chi connectivity index (χ2v) is 5.82. The van der Waals surface area contributed by atoms with E-state index in [4.69, 9.17) is 22.4 Å². The van der Waals surface area contributed by atoms with Crippen molar-refractivity contribution in [3.63, 3.8) is 0 Å². The van der Waals surface area contributed by atoms with Gasteiger partial charge in [-0.15, -0.1) is 0 Å². The Bertz CT molecular complexity index is 649. The molecule has 0 aromatic heterocycles. The van der Waals surface area contributed by atoms with E-state index >= 15 is 0 Å². The van der Waals surface area contributed by atoms with Crippen LogP contribution in [0.15, 0.2) is 23.1 Å². The van der Waals surface area contributed by atoms with Crippen LogP contribution in [0.4, 0.5) is 4.39 Å². The molecule has 1 rings (SSSR count). The molecule has 0 unspecified atom stereocenters. The van der Waals surface area contributed by atoms with Gasteiger partial charge >= 0.3 is 5.97 Å². The minimum absolute atomic E-state index is 0.436. The Morgan fingerprint density at radius 1 is 1.45 bits per heavy atom. The summed E-state index contributed by atoms with van der Waals surface area (Å²) < 4.78 is 39.1. The number of carbonyl (C=O) groups is 2. The third-order valence-electron chi connectivity index (χ3n) is 2.21. The summed E-state index contributed by atoms with van der Waals surface area (Å²) in [6, 6.07) is 1.43. The number of nitrogens with two attached hydrogens (primary N) is 1. The van der Waals surface area contributed by atoms with E-state index in [-0.39, 0.29) is 0 Å². The summed E-state index contributed by atoms with van der Waals surface area (Å²) in [6.45, 7) is 0. The number of hydrogen-bond donors (Lipinski definition) is 3. The Morgan fingerprint density at radius 3 is 2.55 bits per heavy atom. The molecule has 0 aliphatic heterocycles. The Morgan fingerprint density at radius 2 is 2.05 bits per heavy atom. The molecule has 1 atom stereocenters. The van der Waals surface area contributed by atoms with E-state index in [0.29, 0.717) is 0 Å². The van der Waals surface area contributed by atoms with Gasteiger partial charge in [0.15, 0.2) is 5.82 Å². The number of primary amides is 1. The number of halogens is 2. The molecule has 10 heteroatoms. The third kappa shape index (κ3) is 3.89. The molecular weight excluding hydrogens is 315 g/mol. The molecule has 0 heterocycles. The van der Waals surface area contributed by atoms with Crippen LogP contribution in [0.3, 0.4) is 0 Å². The Labute approximate surface area is 118 Å². The molecular formula is C10H10ClFN2O5S. The van der Waals surface area contributed by atoms with Crippen molar-refractivity contribution in [1.29, 1.82) is 0 Å². The van der Waals surface area contributed by atoms with Crippen LogP contribution in [-0.2, 0) is 19.6 Å². The normalized spacial score (nSPS) is 12.9. The van der Waals surface area contributed by atoms with E-state index in [1.54, 1.807) is 4.72 Å². The number of rotatable bonds is 6. The number of aliphatic carboxylic acids is 1. The third-order valence-corrected chi connectivity index (χ3v) is 3.99. The van der Waals surface area contributed by atoms with Gasteiger partial charge in [0, 0.05) is 0 Å². The van der Waals surface area contributed by atoms with Crippen molar-refractivity contribution >= 4 is 33.5 Å². The lowest BCUT2D eigenvalue weighted by atomic mass is 10.2. The van der Waals surface area contributed by atoms with Gasteiger partial charge in [0.2, 0.25) is 15.9 Å². The molecule has 0 aliphatic rings. The maximum Gasteiger partial charge on any atom is 0.322 e. The average Bonchev–Trinajstić information content (AvgIpc) is 2.30. The highest BCUT2D eigenvalue weighted by Gasteiger charge is 2.29. The zero-order chi connectivity index (χ0) is 15.5. The van der Waals surface area contributed by atoms with Crippen molar-refractivity contribution in [2.45, 2.75) is 17.4 Å². The zero-order valence-electron chi connectivity index (χ0n) is 9.84. The Hall–Kier alpha value is -1.71. The SMILES string of the molecule is NC(=O)C[C@@H](NS(=O)(=O)c1cccc(Cl)c1F)C(=O)O. The van der Waals surface area contributed by atoms with Crippen molar-refractivity contribution in [3.8, 4) is 0 Å². The van der Waals surface area contributed by atoms with Crippen molar-refractivity contribution in [2.75, 3.05) is 0 Å². The highest BCUT2D eigenvalue weighted by atomic mass is 35.5. The van der Waals surface area contributed by atoms with E-state index in [9.17, 15) is 22.4 Å². The van der Waals surface area contributed by atoms with Gasteiger partial charge in [-0.25, -0.2) is 12.8 Å². The molecule has 0 aliphatic carbocycles. The summed E-state index contributed by atoms with van der Waals surface area (Å²) in [5, 5.41) is 8.37. The monoisotopic (exact) mass is 324 g/mol. The van der Waals surface area contributed by atoms with Crippen LogP contribution in [0.5, 0.6) is 0 Å². The first-order valence-corrected chi connectivity index (χ1v) is 6.98. The van der Waals surface area contributed by atoms with Crippen molar-refractivity contribution < 1.29 is 27.5 Å². The number of carbonyl (C=O) groups excluding carboxylic acids is 1. The fraction of sp³-hybridized carbons (Fsp3) is 0.200. The smallest absolute Gasteiger partial charge is 0.322 e. The van der Waals surface area contributed by atoms with E-state index in [2.05, 4.69) is 0 Å². The molecule has 4 N–H and O–H groups in total. The maximum absolute atomic E-state index is 13.6. The van der Waals surface area contributed by atoms with E-state index < -0.39 is 50.1 Å². The van der Waals surface area contributed by atoms with Gasteiger partial charge in [-0.3, -0.25) is 9.59 Å². The number of hydrogen-bond acceptors (Lipinski definition) is 4. The lowest BCUT2D eigenvalue weighted by molar-refractivity contribution is -0.140. The summed E-state index contributed by atoms with van der Waals surface area (Å²) in [5.74, 6) is -3.86. The predicted octanol–water partition coefficient (Wildman–Crippen LogP) is 0.0860. The number of nitrogens with one attached hydrogen (secondary N) is 1. The summed E-state index contributed by atoms with van der Waals surface area (Å²) in [5.41, 5.74) is 4.81. The summed E-state index contributed by atoms with van der Waals surface area (Å²) in [7, 11) is -4.50. The molecule has 0 fully saturated rings. The highest BCUT2D eigenvalue weighted by molar-refractivity contribution is 7.89. The molecule has 1 amide bonds. The highest BCUT2D eigenvalue weighted by Crippen LogP contribution is 2.22. The second-order valence-electron chi connectivity index (χ2n) is 3.73. The zero-order valence-corrected chi connectivity index (χ0v) is 11.4. The fourth-order valence-electron chi connectivity index (χ4n) is 1.32. The maximum atomic E-state index is 13.6. The van der Waals surface area contributed by atoms with E-state index in [1.165, 1.54) is 6.07 Å². The van der Waals surface area contributed by atoms with Gasteiger partial charge in [-0.2, -0.15) is 4.72 Å². The Balaban J connectivity index is 3.13. The molecule has 110 valence electrons. The molecule has 1 aromatic carbocycles. The van der Waals surface area contributed by atoms with Crippen LogP contribution in [0.25, 0.3) is 0 Å². The summed E-state index contributed by atoms with van der Waals surface area (Å²) in [6.07, 6.45) is -0.767. The Kier molecular flexibility index (Phi) is 5.03. The molecule has 0 radical (unpaired) electrons. The topological polar surface area (TPSA) is 127 Å². The van der Waals surface area contributed by atoms with Gasteiger partial charge in [0.05, 0.1) is 11.4 Å². The average molecular weight is 325 g/mol. The van der Waals surface area contributed by atoms with Crippen LogP contribution < -0.4 is 10.5 Å². The van der Waals surface area contributed by atoms with Crippen molar-refractivity contribution in [2.24, 2.45) is 5.73 Å². The number of carboxylic acid groups (broad SMARTS) is 1. The quantitative estimate of drug-likeness (QED) is 0.683. The number of carboxylic acids is 1. The van der Waals surface area contributed by atoms with E-state index in [0.717, 1.165) is 12.1 Å². The minimum Gasteiger partial charge on any atom is -0.480 e. The van der Waals surface area contributed by atoms with Crippen LogP contribution in [0, 0.1) is 5.82 Å². The standard InChI is InChI=1S/C10H10ClFN2O5S/c11-5-2-1-3-7(9(5)12)20(18,19)14-6(10(16)17)4-8(13)15/h1-3,6,14H,4H2,(H2,13,15)(H,16,17)/t6-/m1/s1. The largest absolute Gasteiger partial charge is 0.480 e.